The van der Waals surface area contributed by atoms with E-state index in [2.05, 4.69) is 53.5 Å². The lowest BCUT2D eigenvalue weighted by Gasteiger charge is -2.38. The van der Waals surface area contributed by atoms with Crippen LogP contribution in [0.4, 0.5) is 0 Å². The fourth-order valence-electron chi connectivity index (χ4n) is 3.50. The lowest BCUT2D eigenvalue weighted by molar-refractivity contribution is 0.0672. The fraction of sp³-hybridized carbons (Fsp3) is 0.368. The van der Waals surface area contributed by atoms with Gasteiger partial charge in [0.1, 0.15) is 11.4 Å². The second-order valence-corrected chi connectivity index (χ2v) is 7.14. The highest BCUT2D eigenvalue weighted by molar-refractivity contribution is 5.48. The molecule has 0 radical (unpaired) electrons. The smallest absolute Gasteiger partial charge is 0.176 e. The summed E-state index contributed by atoms with van der Waals surface area (Å²) in [7, 11) is 1.99. The molecule has 2 aromatic heterocycles. The summed E-state index contributed by atoms with van der Waals surface area (Å²) in [6.45, 7) is 6.39. The van der Waals surface area contributed by atoms with Gasteiger partial charge in [-0.05, 0) is 26.8 Å². The quantitative estimate of drug-likeness (QED) is 0.722. The van der Waals surface area contributed by atoms with Gasteiger partial charge in [-0.3, -0.25) is 0 Å². The molecule has 0 saturated heterocycles. The summed E-state index contributed by atoms with van der Waals surface area (Å²) >= 11 is 0. The number of benzene rings is 1. The average molecular weight is 322 g/mol. The van der Waals surface area contributed by atoms with E-state index in [1.54, 1.807) is 6.20 Å². The predicted octanol–water partition coefficient (Wildman–Crippen LogP) is 3.74. The van der Waals surface area contributed by atoms with E-state index in [-0.39, 0.29) is 11.6 Å². The zero-order valence-electron chi connectivity index (χ0n) is 14.5. The van der Waals surface area contributed by atoms with Crippen molar-refractivity contribution < 1.29 is 4.74 Å². The average Bonchev–Trinajstić information content (AvgIpc) is 3.14. The molecule has 0 unspecified atom stereocenters. The number of nitrogens with zero attached hydrogens (tertiary/aromatic N) is 4. The minimum absolute atomic E-state index is 0.179. The summed E-state index contributed by atoms with van der Waals surface area (Å²) in [4.78, 5) is 9.05. The Hall–Kier alpha value is -2.56. The Balaban J connectivity index is 1.88. The minimum Gasteiger partial charge on any atom is -0.487 e. The predicted molar refractivity (Wildman–Crippen MR) is 93.1 cm³/mol. The summed E-state index contributed by atoms with van der Waals surface area (Å²) < 4.78 is 10.4. The van der Waals surface area contributed by atoms with Gasteiger partial charge >= 0.3 is 0 Å². The largest absolute Gasteiger partial charge is 0.487 e. The maximum Gasteiger partial charge on any atom is 0.176 e. The highest BCUT2D eigenvalue weighted by Gasteiger charge is 2.35. The third-order valence-electron chi connectivity index (χ3n) is 4.62. The van der Waals surface area contributed by atoms with Crippen LogP contribution in [0.2, 0.25) is 0 Å². The molecule has 0 fully saturated rings. The summed E-state index contributed by atoms with van der Waals surface area (Å²) in [6, 6.07) is 6.58. The van der Waals surface area contributed by atoms with Crippen LogP contribution in [0.3, 0.4) is 0 Å². The SMILES string of the molecule is Cc1ccc2c(c1)[C@H](n1ccnc1-c1nccn1C)CC(C)(C)O2. The van der Waals surface area contributed by atoms with Crippen LogP contribution in [0.25, 0.3) is 11.6 Å². The Morgan fingerprint density at radius 3 is 2.62 bits per heavy atom. The molecule has 5 nitrogen and oxygen atoms in total. The molecule has 0 spiro atoms. The molecule has 0 bridgehead atoms. The molecule has 5 heteroatoms. The van der Waals surface area contributed by atoms with E-state index in [0.29, 0.717) is 0 Å². The molecular formula is C19H22N4O. The highest BCUT2D eigenvalue weighted by atomic mass is 16.5. The van der Waals surface area contributed by atoms with Crippen molar-refractivity contribution in [2.45, 2.75) is 38.8 Å². The van der Waals surface area contributed by atoms with Crippen molar-refractivity contribution in [3.8, 4) is 17.4 Å². The van der Waals surface area contributed by atoms with E-state index in [1.165, 1.54) is 11.1 Å². The number of fused-ring (bicyclic) bond motifs is 1. The maximum atomic E-state index is 6.20. The van der Waals surface area contributed by atoms with Gasteiger partial charge in [0.05, 0.1) is 6.04 Å². The van der Waals surface area contributed by atoms with Crippen LogP contribution >= 0.6 is 0 Å². The Labute approximate surface area is 141 Å². The molecule has 4 rings (SSSR count). The summed E-state index contributed by atoms with van der Waals surface area (Å²) in [5.41, 5.74) is 2.22. The molecule has 3 heterocycles. The molecule has 124 valence electrons. The highest BCUT2D eigenvalue weighted by Crippen LogP contribution is 2.43. The lowest BCUT2D eigenvalue weighted by Crippen LogP contribution is -2.37. The maximum absolute atomic E-state index is 6.20. The number of imidazole rings is 2. The summed E-state index contributed by atoms with van der Waals surface area (Å²) in [6.07, 6.45) is 8.53. The summed E-state index contributed by atoms with van der Waals surface area (Å²) in [5.74, 6) is 2.72. The van der Waals surface area contributed by atoms with Crippen LogP contribution in [0.5, 0.6) is 5.75 Å². The number of rotatable bonds is 2. The van der Waals surface area contributed by atoms with Gasteiger partial charge < -0.3 is 13.9 Å². The summed E-state index contributed by atoms with van der Waals surface area (Å²) in [5, 5.41) is 0. The van der Waals surface area contributed by atoms with Crippen molar-refractivity contribution in [3.05, 3.63) is 54.1 Å². The topological polar surface area (TPSA) is 44.9 Å². The molecule has 0 amide bonds. The second kappa shape index (κ2) is 5.23. The zero-order valence-corrected chi connectivity index (χ0v) is 14.5. The molecule has 1 aliphatic rings. The van der Waals surface area contributed by atoms with E-state index in [4.69, 9.17) is 4.74 Å². The van der Waals surface area contributed by atoms with Crippen LogP contribution in [0.15, 0.2) is 43.0 Å². The van der Waals surface area contributed by atoms with Crippen LogP contribution < -0.4 is 4.74 Å². The van der Waals surface area contributed by atoms with Gasteiger partial charge in [0.15, 0.2) is 11.6 Å². The molecular weight excluding hydrogens is 300 g/mol. The number of aromatic nitrogens is 4. The van der Waals surface area contributed by atoms with E-state index in [9.17, 15) is 0 Å². The van der Waals surface area contributed by atoms with E-state index in [0.717, 1.165) is 23.8 Å². The van der Waals surface area contributed by atoms with Gasteiger partial charge in [-0.2, -0.15) is 0 Å². The van der Waals surface area contributed by atoms with E-state index in [1.807, 2.05) is 30.2 Å². The molecule has 1 atom stereocenters. The Morgan fingerprint density at radius 1 is 1.12 bits per heavy atom. The molecule has 0 aliphatic carbocycles. The fourth-order valence-corrected chi connectivity index (χ4v) is 3.50. The molecule has 1 aliphatic heterocycles. The van der Waals surface area contributed by atoms with Gasteiger partial charge in [0, 0.05) is 43.8 Å². The Morgan fingerprint density at radius 2 is 1.88 bits per heavy atom. The third-order valence-corrected chi connectivity index (χ3v) is 4.62. The van der Waals surface area contributed by atoms with Crippen LogP contribution in [0.1, 0.15) is 37.4 Å². The van der Waals surface area contributed by atoms with Gasteiger partial charge in [-0.25, -0.2) is 9.97 Å². The second-order valence-electron chi connectivity index (χ2n) is 7.14. The first-order valence-corrected chi connectivity index (χ1v) is 8.25. The lowest BCUT2D eigenvalue weighted by atomic mass is 9.88. The molecule has 1 aromatic carbocycles. The Bertz CT molecular complexity index is 890. The van der Waals surface area contributed by atoms with Crippen LogP contribution in [-0.4, -0.2) is 24.7 Å². The monoisotopic (exact) mass is 322 g/mol. The normalized spacial score (nSPS) is 18.9. The van der Waals surface area contributed by atoms with Crippen molar-refractivity contribution in [2.75, 3.05) is 0 Å². The van der Waals surface area contributed by atoms with Gasteiger partial charge in [-0.15, -0.1) is 0 Å². The van der Waals surface area contributed by atoms with Crippen molar-refractivity contribution in [2.24, 2.45) is 7.05 Å². The van der Waals surface area contributed by atoms with Crippen molar-refractivity contribution in [3.63, 3.8) is 0 Å². The minimum atomic E-state index is -0.226. The number of aryl methyl sites for hydroxylation is 2. The number of hydrogen-bond donors (Lipinski definition) is 0. The molecule has 3 aromatic rings. The first-order chi connectivity index (χ1) is 11.4. The standard InChI is InChI=1S/C19H22N4O/c1-13-5-6-16-14(11-13)15(12-19(2,3)24-16)23-10-8-21-18(23)17-20-7-9-22(17)4/h5-11,15H,12H2,1-4H3/t15-/m1/s1. The molecule has 24 heavy (non-hydrogen) atoms. The molecule has 0 N–H and O–H groups in total. The van der Waals surface area contributed by atoms with Crippen molar-refractivity contribution >= 4 is 0 Å². The van der Waals surface area contributed by atoms with Gasteiger partial charge in [-0.1, -0.05) is 17.7 Å². The van der Waals surface area contributed by atoms with Crippen LogP contribution in [0, 0.1) is 6.92 Å². The van der Waals surface area contributed by atoms with Crippen molar-refractivity contribution in [1.82, 2.24) is 19.1 Å². The van der Waals surface area contributed by atoms with Crippen molar-refractivity contribution in [1.29, 1.82) is 0 Å². The van der Waals surface area contributed by atoms with E-state index < -0.39 is 0 Å². The first-order valence-electron chi connectivity index (χ1n) is 8.25. The van der Waals surface area contributed by atoms with E-state index >= 15 is 0 Å². The number of ether oxygens (including phenoxy) is 1. The van der Waals surface area contributed by atoms with Crippen LogP contribution in [-0.2, 0) is 7.05 Å². The zero-order chi connectivity index (χ0) is 16.9. The molecule has 0 saturated carbocycles. The third kappa shape index (κ3) is 2.40. The Kier molecular flexibility index (Phi) is 3.27. The number of hydrogen-bond acceptors (Lipinski definition) is 3. The van der Waals surface area contributed by atoms with Gasteiger partial charge in [0.25, 0.3) is 0 Å². The van der Waals surface area contributed by atoms with Gasteiger partial charge in [0.2, 0.25) is 0 Å². The first kappa shape index (κ1) is 15.0.